The van der Waals surface area contributed by atoms with Crippen molar-refractivity contribution in [3.63, 3.8) is 0 Å². The molecule has 0 spiro atoms. The minimum atomic E-state index is -4.63. The molecule has 1 aromatic heterocycles. The van der Waals surface area contributed by atoms with Gasteiger partial charge in [0.15, 0.2) is 0 Å². The molecule has 2 amide bonds. The monoisotopic (exact) mass is 343 g/mol. The van der Waals surface area contributed by atoms with E-state index in [1.807, 2.05) is 0 Å². The Morgan fingerprint density at radius 2 is 2.08 bits per heavy atom. The van der Waals surface area contributed by atoms with Crippen LogP contribution in [0.5, 0.6) is 5.75 Å². The number of amides is 2. The van der Waals surface area contributed by atoms with Crippen LogP contribution in [-0.4, -0.2) is 30.2 Å². The SMILES string of the molecule is COc1ccc(NC(=O)N(C)Cc2cc(C)on2)c(C(F)(F)F)c1. The second-order valence-electron chi connectivity index (χ2n) is 5.12. The van der Waals surface area contributed by atoms with E-state index in [2.05, 4.69) is 10.5 Å². The van der Waals surface area contributed by atoms with E-state index in [1.54, 1.807) is 13.0 Å². The Morgan fingerprint density at radius 3 is 2.62 bits per heavy atom. The van der Waals surface area contributed by atoms with Crippen molar-refractivity contribution in [1.29, 1.82) is 0 Å². The number of ether oxygens (including phenoxy) is 1. The molecule has 0 atom stereocenters. The first-order valence-electron chi connectivity index (χ1n) is 6.90. The summed E-state index contributed by atoms with van der Waals surface area (Å²) in [5.74, 6) is 0.625. The highest BCUT2D eigenvalue weighted by Gasteiger charge is 2.34. The van der Waals surface area contributed by atoms with Gasteiger partial charge in [0.05, 0.1) is 24.9 Å². The average Bonchev–Trinajstić information content (AvgIpc) is 2.91. The van der Waals surface area contributed by atoms with E-state index >= 15 is 0 Å². The number of hydrogen-bond donors (Lipinski definition) is 1. The third-order valence-corrected chi connectivity index (χ3v) is 3.20. The van der Waals surface area contributed by atoms with Gasteiger partial charge in [0.1, 0.15) is 17.2 Å². The van der Waals surface area contributed by atoms with Crippen LogP contribution in [0, 0.1) is 6.92 Å². The van der Waals surface area contributed by atoms with Gasteiger partial charge in [-0.1, -0.05) is 5.16 Å². The molecule has 0 fully saturated rings. The van der Waals surface area contributed by atoms with Crippen molar-refractivity contribution >= 4 is 11.7 Å². The first kappa shape index (κ1) is 17.6. The fourth-order valence-electron chi connectivity index (χ4n) is 2.01. The molecule has 0 aliphatic heterocycles. The number of methoxy groups -OCH3 is 1. The maximum atomic E-state index is 13.1. The van der Waals surface area contributed by atoms with Gasteiger partial charge in [-0.3, -0.25) is 0 Å². The minimum absolute atomic E-state index is 0.0479. The Morgan fingerprint density at radius 1 is 1.38 bits per heavy atom. The standard InChI is InChI=1S/C15H16F3N3O3/c1-9-6-10(20-24-9)8-21(2)14(22)19-13-5-4-11(23-3)7-12(13)15(16,17)18/h4-7H,8H2,1-3H3,(H,19,22). The molecule has 1 N–H and O–H groups in total. The van der Waals surface area contributed by atoms with Crippen LogP contribution in [0.25, 0.3) is 0 Å². The van der Waals surface area contributed by atoms with Crippen LogP contribution in [0.2, 0.25) is 0 Å². The summed E-state index contributed by atoms with van der Waals surface area (Å²) in [7, 11) is 2.71. The predicted octanol–water partition coefficient (Wildman–Crippen LogP) is 3.67. The summed E-state index contributed by atoms with van der Waals surface area (Å²) in [4.78, 5) is 13.3. The topological polar surface area (TPSA) is 67.6 Å². The maximum Gasteiger partial charge on any atom is 0.418 e. The number of carbonyl (C=O) groups is 1. The van der Waals surface area contributed by atoms with Gasteiger partial charge in [-0.25, -0.2) is 4.79 Å². The van der Waals surface area contributed by atoms with Gasteiger partial charge in [-0.05, 0) is 25.1 Å². The molecule has 2 aromatic rings. The number of aromatic nitrogens is 1. The van der Waals surface area contributed by atoms with Crippen molar-refractivity contribution < 1.29 is 27.2 Å². The predicted molar refractivity (Wildman–Crippen MR) is 79.7 cm³/mol. The molecule has 0 aliphatic carbocycles. The molecule has 0 saturated heterocycles. The van der Waals surface area contributed by atoms with Crippen molar-refractivity contribution in [2.24, 2.45) is 0 Å². The molecule has 0 radical (unpaired) electrons. The van der Waals surface area contributed by atoms with Crippen LogP contribution in [0.1, 0.15) is 17.0 Å². The molecule has 24 heavy (non-hydrogen) atoms. The summed E-state index contributed by atoms with van der Waals surface area (Å²) < 4.78 is 49.0. The van der Waals surface area contributed by atoms with Gasteiger partial charge in [0, 0.05) is 13.1 Å². The van der Waals surface area contributed by atoms with Crippen molar-refractivity contribution in [2.75, 3.05) is 19.5 Å². The Hall–Kier alpha value is -2.71. The van der Waals surface area contributed by atoms with Crippen molar-refractivity contribution in [1.82, 2.24) is 10.1 Å². The van der Waals surface area contributed by atoms with E-state index in [4.69, 9.17) is 9.26 Å². The molecular formula is C15H16F3N3O3. The van der Waals surface area contributed by atoms with Crippen LogP contribution in [0.4, 0.5) is 23.7 Å². The Kier molecular flexibility index (Phi) is 5.01. The van der Waals surface area contributed by atoms with Gasteiger partial charge < -0.3 is 19.5 Å². The molecule has 6 nitrogen and oxygen atoms in total. The lowest BCUT2D eigenvalue weighted by Crippen LogP contribution is -2.31. The van der Waals surface area contributed by atoms with E-state index in [0.717, 1.165) is 12.1 Å². The Labute approximate surface area is 136 Å². The summed E-state index contributed by atoms with van der Waals surface area (Å²) in [5, 5.41) is 5.98. The number of rotatable bonds is 4. The molecule has 9 heteroatoms. The third kappa shape index (κ3) is 4.18. The highest BCUT2D eigenvalue weighted by atomic mass is 19.4. The van der Waals surface area contributed by atoms with Crippen LogP contribution in [-0.2, 0) is 12.7 Å². The molecule has 0 aliphatic rings. The van der Waals surface area contributed by atoms with Crippen LogP contribution in [0.3, 0.4) is 0 Å². The second kappa shape index (κ2) is 6.81. The number of hydrogen-bond acceptors (Lipinski definition) is 4. The Bertz CT molecular complexity index is 728. The van der Waals surface area contributed by atoms with E-state index in [1.165, 1.54) is 25.1 Å². The van der Waals surface area contributed by atoms with E-state index in [-0.39, 0.29) is 18.0 Å². The zero-order valence-electron chi connectivity index (χ0n) is 13.3. The van der Waals surface area contributed by atoms with Gasteiger partial charge in [-0.2, -0.15) is 13.2 Å². The lowest BCUT2D eigenvalue weighted by molar-refractivity contribution is -0.137. The van der Waals surface area contributed by atoms with Gasteiger partial charge in [0.25, 0.3) is 0 Å². The summed E-state index contributed by atoms with van der Waals surface area (Å²) in [5.41, 5.74) is -0.840. The summed E-state index contributed by atoms with van der Waals surface area (Å²) in [6, 6.07) is 4.25. The van der Waals surface area contributed by atoms with E-state index < -0.39 is 17.8 Å². The molecular weight excluding hydrogens is 327 g/mol. The summed E-state index contributed by atoms with van der Waals surface area (Å²) >= 11 is 0. The third-order valence-electron chi connectivity index (χ3n) is 3.20. The van der Waals surface area contributed by atoms with Crippen LogP contribution < -0.4 is 10.1 Å². The number of carbonyl (C=O) groups excluding carboxylic acids is 1. The van der Waals surface area contributed by atoms with Crippen LogP contribution >= 0.6 is 0 Å². The average molecular weight is 343 g/mol. The molecule has 1 heterocycles. The quantitative estimate of drug-likeness (QED) is 0.920. The van der Waals surface area contributed by atoms with Crippen molar-refractivity contribution in [3.8, 4) is 5.75 Å². The zero-order chi connectivity index (χ0) is 17.9. The number of nitrogens with one attached hydrogen (secondary N) is 1. The Balaban J connectivity index is 2.15. The minimum Gasteiger partial charge on any atom is -0.497 e. The number of alkyl halides is 3. The fourth-order valence-corrected chi connectivity index (χ4v) is 2.01. The number of nitrogens with zero attached hydrogens (tertiary/aromatic N) is 2. The lowest BCUT2D eigenvalue weighted by atomic mass is 10.1. The summed E-state index contributed by atoms with van der Waals surface area (Å²) in [6.07, 6.45) is -4.63. The van der Waals surface area contributed by atoms with Gasteiger partial charge in [0.2, 0.25) is 0 Å². The molecule has 130 valence electrons. The molecule has 0 saturated carbocycles. The van der Waals surface area contributed by atoms with Crippen LogP contribution in [0.15, 0.2) is 28.8 Å². The van der Waals surface area contributed by atoms with E-state index in [0.29, 0.717) is 11.5 Å². The van der Waals surface area contributed by atoms with Crippen molar-refractivity contribution in [2.45, 2.75) is 19.6 Å². The smallest absolute Gasteiger partial charge is 0.418 e. The number of aryl methyl sites for hydroxylation is 1. The number of halogens is 3. The molecule has 1 aromatic carbocycles. The highest BCUT2D eigenvalue weighted by Crippen LogP contribution is 2.37. The van der Waals surface area contributed by atoms with Crippen molar-refractivity contribution in [3.05, 3.63) is 41.3 Å². The fraction of sp³-hybridized carbons (Fsp3) is 0.333. The largest absolute Gasteiger partial charge is 0.497 e. The number of benzene rings is 1. The van der Waals surface area contributed by atoms with Gasteiger partial charge in [-0.15, -0.1) is 0 Å². The summed E-state index contributed by atoms with van der Waals surface area (Å²) in [6.45, 7) is 1.80. The highest BCUT2D eigenvalue weighted by molar-refractivity contribution is 5.90. The first-order chi connectivity index (χ1) is 11.2. The normalized spacial score (nSPS) is 11.2. The molecule has 0 bridgehead atoms. The number of anilines is 1. The maximum absolute atomic E-state index is 13.1. The number of urea groups is 1. The first-order valence-corrected chi connectivity index (χ1v) is 6.90. The van der Waals surface area contributed by atoms with E-state index in [9.17, 15) is 18.0 Å². The second-order valence-corrected chi connectivity index (χ2v) is 5.12. The zero-order valence-corrected chi connectivity index (χ0v) is 13.3. The molecule has 2 rings (SSSR count). The lowest BCUT2D eigenvalue weighted by Gasteiger charge is -2.19. The van der Waals surface area contributed by atoms with Gasteiger partial charge >= 0.3 is 12.2 Å². The molecule has 0 unspecified atom stereocenters.